The van der Waals surface area contributed by atoms with Crippen LogP contribution in [0.1, 0.15) is 24.3 Å². The van der Waals surface area contributed by atoms with Gasteiger partial charge >= 0.3 is 6.03 Å². The standard InChI is InChI=1S/C21H22F2N2O2/c1-27-12-11-24-19-10-9-18(14-3-2-4-16(23)13-14)20(19)25(21(24)26)17-7-5-15(22)6-8-17/h2-8,13,18-20H,9-12H2,1H3/t18-,19-,20+/m0/s1. The number of hydrogen-bond acceptors (Lipinski definition) is 2. The summed E-state index contributed by atoms with van der Waals surface area (Å²) in [6.07, 6.45) is 1.71. The van der Waals surface area contributed by atoms with Crippen molar-refractivity contribution in [3.05, 3.63) is 65.7 Å². The molecule has 0 radical (unpaired) electrons. The summed E-state index contributed by atoms with van der Waals surface area (Å²) in [4.78, 5) is 16.8. The summed E-state index contributed by atoms with van der Waals surface area (Å²) in [5.41, 5.74) is 1.57. The largest absolute Gasteiger partial charge is 0.383 e. The summed E-state index contributed by atoms with van der Waals surface area (Å²) < 4.78 is 32.4. The zero-order valence-corrected chi connectivity index (χ0v) is 15.1. The number of rotatable bonds is 5. The Morgan fingerprint density at radius 1 is 1.07 bits per heavy atom. The van der Waals surface area contributed by atoms with Crippen molar-refractivity contribution >= 4 is 11.7 Å². The second kappa shape index (κ2) is 7.27. The fraction of sp³-hybridized carbons (Fsp3) is 0.381. The highest BCUT2D eigenvalue weighted by molar-refractivity contribution is 5.96. The molecule has 2 aromatic carbocycles. The van der Waals surface area contributed by atoms with Gasteiger partial charge in [-0.25, -0.2) is 13.6 Å². The van der Waals surface area contributed by atoms with Crippen molar-refractivity contribution in [1.29, 1.82) is 0 Å². The van der Waals surface area contributed by atoms with Gasteiger partial charge in [-0.1, -0.05) is 12.1 Å². The number of urea groups is 1. The van der Waals surface area contributed by atoms with Gasteiger partial charge in [0.1, 0.15) is 11.6 Å². The average Bonchev–Trinajstić information content (AvgIpc) is 3.19. The maximum Gasteiger partial charge on any atom is 0.325 e. The molecule has 3 atom stereocenters. The molecule has 2 aliphatic rings. The van der Waals surface area contributed by atoms with Crippen LogP contribution in [0.3, 0.4) is 0 Å². The molecule has 0 spiro atoms. The first-order valence-corrected chi connectivity index (χ1v) is 9.20. The van der Waals surface area contributed by atoms with Crippen LogP contribution in [-0.2, 0) is 4.74 Å². The molecule has 142 valence electrons. The van der Waals surface area contributed by atoms with Gasteiger partial charge in [0.25, 0.3) is 0 Å². The molecule has 4 nitrogen and oxygen atoms in total. The lowest BCUT2D eigenvalue weighted by atomic mass is 9.92. The first-order chi connectivity index (χ1) is 13.1. The Morgan fingerprint density at radius 3 is 2.56 bits per heavy atom. The zero-order valence-electron chi connectivity index (χ0n) is 15.1. The van der Waals surface area contributed by atoms with Gasteiger partial charge in [-0.05, 0) is 54.8 Å². The van der Waals surface area contributed by atoms with Crippen LogP contribution in [0.4, 0.5) is 19.3 Å². The molecule has 6 heteroatoms. The number of fused-ring (bicyclic) bond motifs is 1. The van der Waals surface area contributed by atoms with E-state index in [9.17, 15) is 13.6 Å². The molecule has 1 aliphatic carbocycles. The minimum absolute atomic E-state index is 0.0333. The second-order valence-electron chi connectivity index (χ2n) is 7.11. The minimum Gasteiger partial charge on any atom is -0.383 e. The van der Waals surface area contributed by atoms with Gasteiger partial charge in [0.2, 0.25) is 0 Å². The Morgan fingerprint density at radius 2 is 1.85 bits per heavy atom. The Hall–Kier alpha value is -2.47. The molecule has 0 aromatic heterocycles. The van der Waals surface area contributed by atoms with Gasteiger partial charge < -0.3 is 9.64 Å². The Bertz CT molecular complexity index is 827. The van der Waals surface area contributed by atoms with Crippen LogP contribution >= 0.6 is 0 Å². The molecular formula is C21H22F2N2O2. The molecule has 1 aliphatic heterocycles. The average molecular weight is 372 g/mol. The second-order valence-corrected chi connectivity index (χ2v) is 7.11. The lowest BCUT2D eigenvalue weighted by Gasteiger charge is -2.28. The third-order valence-corrected chi connectivity index (χ3v) is 5.65. The number of hydrogen-bond donors (Lipinski definition) is 0. The third kappa shape index (κ3) is 3.18. The lowest BCUT2D eigenvalue weighted by Crippen LogP contribution is -2.38. The van der Waals surface area contributed by atoms with E-state index >= 15 is 0 Å². The van der Waals surface area contributed by atoms with Crippen LogP contribution in [0.15, 0.2) is 48.5 Å². The van der Waals surface area contributed by atoms with Crippen LogP contribution in [0.2, 0.25) is 0 Å². The van der Waals surface area contributed by atoms with E-state index in [-0.39, 0.29) is 35.7 Å². The number of nitrogens with zero attached hydrogens (tertiary/aromatic N) is 2. The van der Waals surface area contributed by atoms with E-state index in [1.165, 1.54) is 18.2 Å². The summed E-state index contributed by atoms with van der Waals surface area (Å²) in [7, 11) is 1.61. The van der Waals surface area contributed by atoms with Crippen molar-refractivity contribution in [1.82, 2.24) is 4.90 Å². The highest BCUT2D eigenvalue weighted by Crippen LogP contribution is 2.46. The minimum atomic E-state index is -0.341. The molecule has 1 saturated carbocycles. The van der Waals surface area contributed by atoms with E-state index in [0.29, 0.717) is 18.8 Å². The molecule has 0 unspecified atom stereocenters. The quantitative estimate of drug-likeness (QED) is 0.789. The smallest absolute Gasteiger partial charge is 0.325 e. The van der Waals surface area contributed by atoms with E-state index in [2.05, 4.69) is 0 Å². The Kier molecular flexibility index (Phi) is 4.83. The van der Waals surface area contributed by atoms with Crippen LogP contribution < -0.4 is 4.90 Å². The first-order valence-electron chi connectivity index (χ1n) is 9.20. The number of benzene rings is 2. The van der Waals surface area contributed by atoms with Gasteiger partial charge in [-0.3, -0.25) is 4.90 Å². The van der Waals surface area contributed by atoms with Crippen molar-refractivity contribution in [2.24, 2.45) is 0 Å². The number of carbonyl (C=O) groups is 1. The molecule has 0 N–H and O–H groups in total. The molecule has 2 fully saturated rings. The summed E-state index contributed by atoms with van der Waals surface area (Å²) in [6, 6.07) is 12.4. The predicted molar refractivity (Wildman–Crippen MR) is 98.8 cm³/mol. The topological polar surface area (TPSA) is 32.8 Å². The van der Waals surface area contributed by atoms with Crippen molar-refractivity contribution in [2.75, 3.05) is 25.2 Å². The van der Waals surface area contributed by atoms with Gasteiger partial charge in [-0.15, -0.1) is 0 Å². The van der Waals surface area contributed by atoms with Crippen LogP contribution in [0.5, 0.6) is 0 Å². The molecule has 0 bridgehead atoms. The molecule has 2 amide bonds. The predicted octanol–water partition coefficient (Wildman–Crippen LogP) is 4.17. The summed E-state index contributed by atoms with van der Waals surface area (Å²) in [6.45, 7) is 0.959. The van der Waals surface area contributed by atoms with Crippen molar-refractivity contribution in [3.63, 3.8) is 0 Å². The van der Waals surface area contributed by atoms with Gasteiger partial charge in [0.15, 0.2) is 0 Å². The van der Waals surface area contributed by atoms with E-state index in [1.807, 2.05) is 11.0 Å². The number of halogens is 2. The Balaban J connectivity index is 1.73. The van der Waals surface area contributed by atoms with E-state index in [4.69, 9.17) is 4.74 Å². The first kappa shape index (κ1) is 17.9. The highest BCUT2D eigenvalue weighted by Gasteiger charge is 2.53. The van der Waals surface area contributed by atoms with Crippen LogP contribution in [0, 0.1) is 11.6 Å². The fourth-order valence-corrected chi connectivity index (χ4v) is 4.50. The normalized spacial score (nSPS) is 24.6. The molecule has 4 rings (SSSR count). The monoisotopic (exact) mass is 372 g/mol. The number of anilines is 1. The Labute approximate surface area is 157 Å². The highest BCUT2D eigenvalue weighted by atomic mass is 19.1. The van der Waals surface area contributed by atoms with E-state index in [1.54, 1.807) is 36.3 Å². The third-order valence-electron chi connectivity index (χ3n) is 5.65. The maximum absolute atomic E-state index is 13.8. The summed E-state index contributed by atoms with van der Waals surface area (Å²) in [5.74, 6) is -0.580. The molecule has 1 heterocycles. The molecule has 27 heavy (non-hydrogen) atoms. The van der Waals surface area contributed by atoms with Crippen LogP contribution in [0.25, 0.3) is 0 Å². The number of carbonyl (C=O) groups excluding carboxylic acids is 1. The van der Waals surface area contributed by atoms with Gasteiger partial charge in [-0.2, -0.15) is 0 Å². The molecular weight excluding hydrogens is 350 g/mol. The summed E-state index contributed by atoms with van der Waals surface area (Å²) >= 11 is 0. The lowest BCUT2D eigenvalue weighted by molar-refractivity contribution is 0.146. The maximum atomic E-state index is 13.8. The number of methoxy groups -OCH3 is 1. The van der Waals surface area contributed by atoms with Gasteiger partial charge in [0.05, 0.1) is 18.7 Å². The van der Waals surface area contributed by atoms with Crippen LogP contribution in [-0.4, -0.2) is 43.3 Å². The van der Waals surface area contributed by atoms with Crippen molar-refractivity contribution < 1.29 is 18.3 Å². The van der Waals surface area contributed by atoms with E-state index < -0.39 is 0 Å². The van der Waals surface area contributed by atoms with Crippen molar-refractivity contribution in [3.8, 4) is 0 Å². The van der Waals surface area contributed by atoms with E-state index in [0.717, 1.165) is 18.4 Å². The zero-order chi connectivity index (χ0) is 19.0. The fourth-order valence-electron chi connectivity index (χ4n) is 4.50. The number of amides is 2. The number of ether oxygens (including phenoxy) is 1. The van der Waals surface area contributed by atoms with Crippen molar-refractivity contribution in [2.45, 2.75) is 30.8 Å². The van der Waals surface area contributed by atoms with Gasteiger partial charge in [0, 0.05) is 25.3 Å². The molecule has 2 aromatic rings. The summed E-state index contributed by atoms with van der Waals surface area (Å²) in [5, 5.41) is 0. The SMILES string of the molecule is COCCN1C(=O)N(c2ccc(F)cc2)[C@@H]2[C@H](c3cccc(F)c3)CC[C@@H]21. The molecule has 1 saturated heterocycles.